The highest BCUT2D eigenvalue weighted by Crippen LogP contribution is 2.30. The van der Waals surface area contributed by atoms with Crippen LogP contribution in [0.2, 0.25) is 0 Å². The molecule has 1 atom stereocenters. The molecular formula is C18H18N2O4. The smallest absolute Gasteiger partial charge is 0.261 e. The molecule has 0 aliphatic carbocycles. The van der Waals surface area contributed by atoms with Crippen LogP contribution >= 0.6 is 0 Å². The molecule has 6 heteroatoms. The molecule has 0 fully saturated rings. The summed E-state index contributed by atoms with van der Waals surface area (Å²) in [6.07, 6.45) is 0.510. The van der Waals surface area contributed by atoms with Gasteiger partial charge in [0.05, 0.1) is 38.0 Å². The van der Waals surface area contributed by atoms with Crippen molar-refractivity contribution in [3.63, 3.8) is 0 Å². The van der Waals surface area contributed by atoms with Crippen molar-refractivity contribution in [1.82, 2.24) is 9.55 Å². The van der Waals surface area contributed by atoms with Gasteiger partial charge in [-0.1, -0.05) is 12.1 Å². The van der Waals surface area contributed by atoms with Gasteiger partial charge in [0.25, 0.3) is 5.56 Å². The zero-order valence-electron chi connectivity index (χ0n) is 13.5. The lowest BCUT2D eigenvalue weighted by atomic mass is 10.1. The Bertz CT molecular complexity index is 920. The summed E-state index contributed by atoms with van der Waals surface area (Å²) in [5.41, 5.74) is 0.991. The van der Waals surface area contributed by atoms with Gasteiger partial charge in [-0.3, -0.25) is 9.36 Å². The number of aliphatic hydroxyl groups excluding tert-OH is 1. The van der Waals surface area contributed by atoms with Crippen LogP contribution in [0, 0.1) is 0 Å². The summed E-state index contributed by atoms with van der Waals surface area (Å²) in [7, 11) is 3.08. The first-order valence-corrected chi connectivity index (χ1v) is 7.48. The normalized spacial score (nSPS) is 12.1. The van der Waals surface area contributed by atoms with E-state index < -0.39 is 6.10 Å². The fourth-order valence-corrected chi connectivity index (χ4v) is 2.62. The van der Waals surface area contributed by atoms with Crippen molar-refractivity contribution >= 4 is 10.9 Å². The van der Waals surface area contributed by atoms with Crippen molar-refractivity contribution in [2.45, 2.75) is 12.6 Å². The van der Waals surface area contributed by atoms with Crippen LogP contribution in [0.25, 0.3) is 10.9 Å². The standard InChI is InChI=1S/C18H18N2O4/c1-23-12-7-8-17(24-2)14(9-12)16(21)10-20-11-19-15-6-4-3-5-13(15)18(20)22/h3-9,11,16,21H,10H2,1-2H3. The lowest BCUT2D eigenvalue weighted by Gasteiger charge is -2.17. The van der Waals surface area contributed by atoms with Crippen LogP contribution in [-0.2, 0) is 6.54 Å². The Labute approximate surface area is 138 Å². The molecule has 6 nitrogen and oxygen atoms in total. The Kier molecular flexibility index (Phi) is 4.48. The van der Waals surface area contributed by atoms with Crippen molar-refractivity contribution in [2.75, 3.05) is 14.2 Å². The molecule has 2 aromatic carbocycles. The van der Waals surface area contributed by atoms with E-state index in [1.54, 1.807) is 43.5 Å². The third-order valence-electron chi connectivity index (χ3n) is 3.90. The van der Waals surface area contributed by atoms with Gasteiger partial charge in [0, 0.05) is 5.56 Å². The molecular weight excluding hydrogens is 308 g/mol. The molecule has 0 saturated carbocycles. The number of rotatable bonds is 5. The van der Waals surface area contributed by atoms with E-state index in [1.165, 1.54) is 18.0 Å². The van der Waals surface area contributed by atoms with Gasteiger partial charge in [-0.25, -0.2) is 4.98 Å². The van der Waals surface area contributed by atoms with E-state index in [9.17, 15) is 9.90 Å². The number of methoxy groups -OCH3 is 2. The van der Waals surface area contributed by atoms with Crippen LogP contribution < -0.4 is 15.0 Å². The van der Waals surface area contributed by atoms with Crippen molar-refractivity contribution in [2.24, 2.45) is 0 Å². The number of ether oxygens (including phenoxy) is 2. The molecule has 1 N–H and O–H groups in total. The van der Waals surface area contributed by atoms with Crippen LogP contribution in [-0.4, -0.2) is 28.9 Å². The lowest BCUT2D eigenvalue weighted by molar-refractivity contribution is 0.150. The topological polar surface area (TPSA) is 73.6 Å². The van der Waals surface area contributed by atoms with Gasteiger partial charge in [-0.05, 0) is 30.3 Å². The third kappa shape index (κ3) is 2.96. The zero-order chi connectivity index (χ0) is 17.1. The van der Waals surface area contributed by atoms with Crippen molar-refractivity contribution < 1.29 is 14.6 Å². The van der Waals surface area contributed by atoms with E-state index in [4.69, 9.17) is 9.47 Å². The molecule has 3 rings (SSSR count). The van der Waals surface area contributed by atoms with E-state index in [2.05, 4.69) is 4.98 Å². The Morgan fingerprint density at radius 1 is 1.17 bits per heavy atom. The van der Waals surface area contributed by atoms with E-state index in [-0.39, 0.29) is 12.1 Å². The van der Waals surface area contributed by atoms with Gasteiger partial charge in [0.2, 0.25) is 0 Å². The molecule has 0 amide bonds. The first-order chi connectivity index (χ1) is 11.6. The second-order valence-corrected chi connectivity index (χ2v) is 5.34. The molecule has 0 aliphatic heterocycles. The first kappa shape index (κ1) is 16.0. The van der Waals surface area contributed by atoms with E-state index >= 15 is 0 Å². The van der Waals surface area contributed by atoms with Crippen molar-refractivity contribution in [1.29, 1.82) is 0 Å². The maximum atomic E-state index is 12.5. The van der Waals surface area contributed by atoms with Gasteiger partial charge >= 0.3 is 0 Å². The maximum absolute atomic E-state index is 12.5. The SMILES string of the molecule is COc1ccc(OC)c(C(O)Cn2cnc3ccccc3c2=O)c1. The number of hydrogen-bond donors (Lipinski definition) is 1. The van der Waals surface area contributed by atoms with Crippen LogP contribution in [0.4, 0.5) is 0 Å². The first-order valence-electron chi connectivity index (χ1n) is 7.48. The zero-order valence-corrected chi connectivity index (χ0v) is 13.5. The number of para-hydroxylation sites is 1. The summed E-state index contributed by atoms with van der Waals surface area (Å²) in [6, 6.07) is 12.3. The molecule has 0 saturated heterocycles. The fourth-order valence-electron chi connectivity index (χ4n) is 2.62. The molecule has 124 valence electrons. The average molecular weight is 326 g/mol. The van der Waals surface area contributed by atoms with Crippen LogP contribution in [0.5, 0.6) is 11.5 Å². The summed E-state index contributed by atoms with van der Waals surface area (Å²) in [6.45, 7) is 0.0696. The maximum Gasteiger partial charge on any atom is 0.261 e. The average Bonchev–Trinajstić information content (AvgIpc) is 2.63. The van der Waals surface area contributed by atoms with Gasteiger partial charge in [-0.2, -0.15) is 0 Å². The number of nitrogens with zero attached hydrogens (tertiary/aromatic N) is 2. The fraction of sp³-hybridized carbons (Fsp3) is 0.222. The summed E-state index contributed by atoms with van der Waals surface area (Å²) >= 11 is 0. The molecule has 0 aliphatic rings. The van der Waals surface area contributed by atoms with Crippen molar-refractivity contribution in [3.05, 3.63) is 64.7 Å². The summed E-state index contributed by atoms with van der Waals surface area (Å²) < 4.78 is 11.9. The Morgan fingerprint density at radius 3 is 2.71 bits per heavy atom. The molecule has 0 spiro atoms. The predicted molar refractivity (Wildman–Crippen MR) is 90.5 cm³/mol. The number of hydrogen-bond acceptors (Lipinski definition) is 5. The monoisotopic (exact) mass is 326 g/mol. The molecule has 0 bridgehead atoms. The van der Waals surface area contributed by atoms with E-state index in [0.717, 1.165) is 0 Å². The highest BCUT2D eigenvalue weighted by atomic mass is 16.5. The van der Waals surface area contributed by atoms with E-state index in [0.29, 0.717) is 28.0 Å². The predicted octanol–water partition coefficient (Wildman–Crippen LogP) is 2.15. The summed E-state index contributed by atoms with van der Waals surface area (Å²) in [5.74, 6) is 1.14. The number of fused-ring (bicyclic) bond motifs is 1. The number of aromatic nitrogens is 2. The Morgan fingerprint density at radius 2 is 1.96 bits per heavy atom. The largest absolute Gasteiger partial charge is 0.497 e. The van der Waals surface area contributed by atoms with Crippen LogP contribution in [0.1, 0.15) is 11.7 Å². The van der Waals surface area contributed by atoms with Gasteiger partial charge in [0.1, 0.15) is 17.6 Å². The van der Waals surface area contributed by atoms with Gasteiger partial charge in [-0.15, -0.1) is 0 Å². The molecule has 1 heterocycles. The molecule has 0 radical (unpaired) electrons. The van der Waals surface area contributed by atoms with Gasteiger partial charge < -0.3 is 14.6 Å². The van der Waals surface area contributed by atoms with Gasteiger partial charge in [0.15, 0.2) is 0 Å². The lowest BCUT2D eigenvalue weighted by Crippen LogP contribution is -2.24. The summed E-state index contributed by atoms with van der Waals surface area (Å²) in [4.78, 5) is 16.8. The second kappa shape index (κ2) is 6.72. The minimum absolute atomic E-state index is 0.0696. The molecule has 24 heavy (non-hydrogen) atoms. The molecule has 1 unspecified atom stereocenters. The van der Waals surface area contributed by atoms with E-state index in [1.807, 2.05) is 6.07 Å². The highest BCUT2D eigenvalue weighted by Gasteiger charge is 2.16. The minimum atomic E-state index is -0.935. The number of benzene rings is 2. The number of aliphatic hydroxyl groups is 1. The van der Waals surface area contributed by atoms with Crippen molar-refractivity contribution in [3.8, 4) is 11.5 Å². The quantitative estimate of drug-likeness (QED) is 0.778. The molecule has 1 aromatic heterocycles. The highest BCUT2D eigenvalue weighted by molar-refractivity contribution is 5.76. The van der Waals surface area contributed by atoms with Crippen LogP contribution in [0.3, 0.4) is 0 Å². The Balaban J connectivity index is 1.97. The third-order valence-corrected chi connectivity index (χ3v) is 3.90. The molecule has 3 aromatic rings. The minimum Gasteiger partial charge on any atom is -0.497 e. The Hall–Kier alpha value is -2.86. The van der Waals surface area contributed by atoms with Crippen LogP contribution in [0.15, 0.2) is 53.6 Å². The second-order valence-electron chi connectivity index (χ2n) is 5.34. The summed E-state index contributed by atoms with van der Waals surface area (Å²) in [5, 5.41) is 11.1.